The standard InChI is InChI=1S/C5H10ClNO2/c1-5(2,6)4(3-8)7-9/h8-9H,3H2,1-2H3. The largest absolute Gasteiger partial charge is 0.411 e. The molecule has 2 N–H and O–H groups in total. The maximum atomic E-state index is 8.49. The molecule has 0 bridgehead atoms. The molecular formula is C5H10ClNO2. The molecule has 0 rings (SSSR count). The van der Waals surface area contributed by atoms with Crippen molar-refractivity contribution >= 4 is 17.3 Å². The Morgan fingerprint density at radius 3 is 2.11 bits per heavy atom. The summed E-state index contributed by atoms with van der Waals surface area (Å²) < 4.78 is 0. The zero-order chi connectivity index (χ0) is 7.49. The maximum absolute atomic E-state index is 8.49. The third-order valence-corrected chi connectivity index (χ3v) is 1.17. The third kappa shape index (κ3) is 2.67. The van der Waals surface area contributed by atoms with Crippen molar-refractivity contribution in [1.82, 2.24) is 0 Å². The molecule has 3 nitrogen and oxygen atoms in total. The van der Waals surface area contributed by atoms with Crippen molar-refractivity contribution in [3.05, 3.63) is 0 Å². The van der Waals surface area contributed by atoms with Gasteiger partial charge in [0.1, 0.15) is 5.71 Å². The molecule has 9 heavy (non-hydrogen) atoms. The third-order valence-electron chi connectivity index (χ3n) is 0.957. The second-order valence-corrected chi connectivity index (χ2v) is 3.12. The van der Waals surface area contributed by atoms with Crippen LogP contribution in [0.15, 0.2) is 5.16 Å². The fourth-order valence-electron chi connectivity index (χ4n) is 0.339. The van der Waals surface area contributed by atoms with E-state index in [1.54, 1.807) is 13.8 Å². The molecule has 0 spiro atoms. The minimum absolute atomic E-state index is 0.171. The van der Waals surface area contributed by atoms with E-state index in [2.05, 4.69) is 5.16 Å². The molecule has 0 unspecified atom stereocenters. The summed E-state index contributed by atoms with van der Waals surface area (Å²) in [5, 5.41) is 19.5. The Morgan fingerprint density at radius 1 is 1.67 bits per heavy atom. The number of halogens is 1. The van der Waals surface area contributed by atoms with Crippen molar-refractivity contribution in [2.24, 2.45) is 5.16 Å². The summed E-state index contributed by atoms with van der Waals surface area (Å²) in [5.74, 6) is 0. The zero-order valence-corrected chi connectivity index (χ0v) is 6.18. The van der Waals surface area contributed by atoms with Gasteiger partial charge in [0, 0.05) is 0 Å². The molecular weight excluding hydrogens is 142 g/mol. The van der Waals surface area contributed by atoms with E-state index in [0.717, 1.165) is 0 Å². The van der Waals surface area contributed by atoms with Crippen molar-refractivity contribution in [1.29, 1.82) is 0 Å². The molecule has 0 saturated heterocycles. The van der Waals surface area contributed by atoms with Crippen LogP contribution in [0.5, 0.6) is 0 Å². The van der Waals surface area contributed by atoms with E-state index in [-0.39, 0.29) is 12.3 Å². The highest BCUT2D eigenvalue weighted by molar-refractivity contribution is 6.35. The summed E-state index contributed by atoms with van der Waals surface area (Å²) in [4.78, 5) is -0.760. The molecule has 0 aromatic rings. The number of oxime groups is 1. The Hall–Kier alpha value is -0.280. The summed E-state index contributed by atoms with van der Waals surface area (Å²) in [6.45, 7) is 2.96. The van der Waals surface area contributed by atoms with Crippen LogP contribution in [0.4, 0.5) is 0 Å². The Labute approximate surface area is 58.9 Å². The van der Waals surface area contributed by atoms with E-state index in [1.807, 2.05) is 0 Å². The highest BCUT2D eigenvalue weighted by atomic mass is 35.5. The number of hydrogen-bond donors (Lipinski definition) is 2. The van der Waals surface area contributed by atoms with Gasteiger partial charge in [-0.15, -0.1) is 11.6 Å². The molecule has 0 saturated carbocycles. The van der Waals surface area contributed by atoms with Crippen LogP contribution in [0.1, 0.15) is 13.8 Å². The first-order chi connectivity index (χ1) is 4.02. The lowest BCUT2D eigenvalue weighted by Crippen LogP contribution is -2.27. The normalized spacial score (nSPS) is 14.0. The zero-order valence-electron chi connectivity index (χ0n) is 5.43. The van der Waals surface area contributed by atoms with E-state index in [1.165, 1.54) is 0 Å². The second-order valence-electron chi connectivity index (χ2n) is 2.18. The monoisotopic (exact) mass is 151 g/mol. The van der Waals surface area contributed by atoms with E-state index >= 15 is 0 Å². The fraction of sp³-hybridized carbons (Fsp3) is 0.800. The van der Waals surface area contributed by atoms with Gasteiger partial charge >= 0.3 is 0 Å². The first kappa shape index (κ1) is 8.72. The summed E-state index contributed by atoms with van der Waals surface area (Å²) >= 11 is 5.65. The van der Waals surface area contributed by atoms with E-state index < -0.39 is 4.87 Å². The molecule has 0 heterocycles. The van der Waals surface area contributed by atoms with Crippen molar-refractivity contribution in [2.45, 2.75) is 18.7 Å². The van der Waals surface area contributed by atoms with Crippen molar-refractivity contribution < 1.29 is 10.3 Å². The van der Waals surface area contributed by atoms with Crippen LogP contribution in [-0.4, -0.2) is 27.5 Å². The predicted octanol–water partition coefficient (Wildman–Crippen LogP) is 0.826. The molecule has 0 amide bonds. The van der Waals surface area contributed by atoms with Gasteiger partial charge in [0.2, 0.25) is 0 Å². The second kappa shape index (κ2) is 3.03. The van der Waals surface area contributed by atoms with Gasteiger partial charge < -0.3 is 10.3 Å². The van der Waals surface area contributed by atoms with Crippen molar-refractivity contribution in [3.8, 4) is 0 Å². The predicted molar refractivity (Wildman–Crippen MR) is 36.2 cm³/mol. The molecule has 0 atom stereocenters. The SMILES string of the molecule is CC(C)(Cl)C(CO)=NO. The van der Waals surface area contributed by atoms with Crippen molar-refractivity contribution in [3.63, 3.8) is 0 Å². The maximum Gasteiger partial charge on any atom is 0.103 e. The van der Waals surface area contributed by atoms with Crippen LogP contribution < -0.4 is 0 Å². The average molecular weight is 152 g/mol. The van der Waals surface area contributed by atoms with Gasteiger partial charge in [0.25, 0.3) is 0 Å². The van der Waals surface area contributed by atoms with Gasteiger partial charge in [0.05, 0.1) is 11.5 Å². The Kier molecular flexibility index (Phi) is 2.94. The Balaban J connectivity index is 4.14. The van der Waals surface area contributed by atoms with Crippen LogP contribution in [0.25, 0.3) is 0 Å². The van der Waals surface area contributed by atoms with E-state index in [4.69, 9.17) is 21.9 Å². The number of hydrogen-bond acceptors (Lipinski definition) is 3. The summed E-state index contributed by atoms with van der Waals surface area (Å²) in [7, 11) is 0. The molecule has 0 radical (unpaired) electrons. The van der Waals surface area contributed by atoms with Gasteiger partial charge in [-0.05, 0) is 13.8 Å². The summed E-state index contributed by atoms with van der Waals surface area (Å²) in [5.41, 5.74) is 0.171. The smallest absolute Gasteiger partial charge is 0.103 e. The molecule has 0 aromatic carbocycles. The van der Waals surface area contributed by atoms with E-state index in [9.17, 15) is 0 Å². The van der Waals surface area contributed by atoms with Crippen LogP contribution in [0.3, 0.4) is 0 Å². The minimum Gasteiger partial charge on any atom is -0.411 e. The molecule has 4 heteroatoms. The highest BCUT2D eigenvalue weighted by Crippen LogP contribution is 2.14. The topological polar surface area (TPSA) is 52.8 Å². The number of alkyl halides is 1. The summed E-state index contributed by atoms with van der Waals surface area (Å²) in [6, 6.07) is 0. The minimum atomic E-state index is -0.760. The number of rotatable bonds is 2. The lowest BCUT2D eigenvalue weighted by atomic mass is 10.1. The Morgan fingerprint density at radius 2 is 2.11 bits per heavy atom. The van der Waals surface area contributed by atoms with Gasteiger partial charge in [0.15, 0.2) is 0 Å². The first-order valence-corrected chi connectivity index (χ1v) is 2.91. The van der Waals surface area contributed by atoms with Gasteiger partial charge in [-0.1, -0.05) is 5.16 Å². The van der Waals surface area contributed by atoms with Crippen LogP contribution in [0.2, 0.25) is 0 Å². The van der Waals surface area contributed by atoms with Crippen molar-refractivity contribution in [2.75, 3.05) is 6.61 Å². The number of aliphatic hydroxyl groups is 1. The van der Waals surface area contributed by atoms with Crippen LogP contribution in [-0.2, 0) is 0 Å². The summed E-state index contributed by atoms with van der Waals surface area (Å²) in [6.07, 6.45) is 0. The highest BCUT2D eigenvalue weighted by Gasteiger charge is 2.20. The van der Waals surface area contributed by atoms with Gasteiger partial charge in [-0.3, -0.25) is 0 Å². The van der Waals surface area contributed by atoms with E-state index in [0.29, 0.717) is 0 Å². The van der Waals surface area contributed by atoms with Crippen LogP contribution in [0, 0.1) is 0 Å². The average Bonchev–Trinajstić information content (AvgIpc) is 1.65. The van der Waals surface area contributed by atoms with Gasteiger partial charge in [-0.2, -0.15) is 0 Å². The first-order valence-electron chi connectivity index (χ1n) is 2.53. The Bertz CT molecular complexity index is 117. The number of nitrogens with zero attached hydrogens (tertiary/aromatic N) is 1. The molecule has 0 aliphatic carbocycles. The number of aliphatic hydroxyl groups excluding tert-OH is 1. The lowest BCUT2D eigenvalue weighted by molar-refractivity contribution is 0.298. The molecule has 0 fully saturated rings. The quantitative estimate of drug-likeness (QED) is 0.266. The van der Waals surface area contributed by atoms with Gasteiger partial charge in [-0.25, -0.2) is 0 Å². The molecule has 0 aromatic heterocycles. The van der Waals surface area contributed by atoms with Crippen LogP contribution >= 0.6 is 11.6 Å². The molecule has 0 aliphatic heterocycles. The molecule has 54 valence electrons. The molecule has 0 aliphatic rings. The lowest BCUT2D eigenvalue weighted by Gasteiger charge is -2.14. The fourth-order valence-corrected chi connectivity index (χ4v) is 0.436.